The standard InChI is InChI=1S/C18H28NO8P.C14H27N2O3P.C13H22NO6PS.C10H16O5.C2H3N3.3CH4O/c1-13(20)4-5-18(21)26-16-7-11-23-17(16)12-25-28(24-9-3-8-19)27-15-6-10-22-14(15)2;1-11(2)16(12(3)4)20(18-10-8-15-6)19-14-7-9-17-13(14)5;1-10-12(4-8-16-10)20-21(22,18-6-2-5-14)19-9-13-11(15)3-7-17-13;1-7(12)2-3-10(13)15-8-4-5-14-9(8)6-11;1-2-4-5-3-1;3*1-2/h14-17H,3-7,9-12H2,1-2H3;11-14H,7-10H2,1-5H3;10-13,15H,2-4,6-9H2,1H3;8-9,11H,2-6H2,1H3;1H,2H2;3*2H,1H3/t14-,15?,16?,17-,28?;13-,14?,20?;10-,11?,12?,13-,21?;8?,9-;;;;/m1111..../s1/i2D,10T,11T;5D,9T;1D,7T,8T;5T;;3*2T/t10-,11-,14-,15?,16?,17-,28?;9-,13-,14?,20?;7-,8-,10-,11?,12?,13-,21?;5-,8?,9+;;;;/m1110..... The number of nitrogens with zero attached hydrogens (tertiary/aromatic N) is 7. The third-order valence-corrected chi connectivity index (χ3v) is 18.3. The van der Waals surface area contributed by atoms with Gasteiger partial charge in [-0.15, -0.1) is 5.10 Å². The summed E-state index contributed by atoms with van der Waals surface area (Å²) in [6, 6.07) is 4.36. The van der Waals surface area contributed by atoms with Crippen LogP contribution >= 0.6 is 23.8 Å². The van der Waals surface area contributed by atoms with Crippen molar-refractivity contribution in [2.24, 2.45) is 15.4 Å². The minimum atomic E-state index is -3.29. The highest BCUT2D eigenvalue weighted by Gasteiger charge is 2.39. The van der Waals surface area contributed by atoms with E-state index in [0.717, 1.165) is 0 Å². The number of rotatable bonds is 33. The molecular formula is C60H108N7O25P3S. The van der Waals surface area contributed by atoms with Gasteiger partial charge >= 0.3 is 27.3 Å². The first-order valence-corrected chi connectivity index (χ1v) is 35.3. The van der Waals surface area contributed by atoms with Crippen LogP contribution in [0.1, 0.15) is 152 Å². The molecule has 6 fully saturated rings. The molecule has 0 aromatic rings. The zero-order valence-electron chi connectivity index (χ0n) is 68.1. The zero-order valence-corrected chi connectivity index (χ0v) is 59.6. The Morgan fingerprint density at radius 3 is 1.67 bits per heavy atom. The highest BCUT2D eigenvalue weighted by atomic mass is 32.5. The molecule has 0 aromatic heterocycles. The van der Waals surface area contributed by atoms with E-state index in [1.54, 1.807) is 6.21 Å². The van der Waals surface area contributed by atoms with Gasteiger partial charge in [0, 0.05) is 96.0 Å². The molecule has 0 bridgehead atoms. The molecule has 5 N–H and O–H groups in total. The molecule has 7 aliphatic rings. The van der Waals surface area contributed by atoms with Gasteiger partial charge in [-0.3, -0.25) is 9.59 Å². The number of Topliss-reactive ketones (excluding diaryl/α,β-unsaturated/α-hetero) is 2. The predicted molar refractivity (Wildman–Crippen MR) is 355 cm³/mol. The van der Waals surface area contributed by atoms with E-state index in [4.69, 9.17) is 125 Å². The first-order chi connectivity index (χ1) is 51.3. The summed E-state index contributed by atoms with van der Waals surface area (Å²) in [4.78, 5) is 48.2. The second-order valence-electron chi connectivity index (χ2n) is 20.6. The van der Waals surface area contributed by atoms with Gasteiger partial charge < -0.3 is 114 Å². The highest BCUT2D eigenvalue weighted by Crippen LogP contribution is 2.53. The number of hydrogen-bond acceptors (Lipinski definition) is 32. The van der Waals surface area contributed by atoms with Crippen molar-refractivity contribution in [1.82, 2.24) is 4.67 Å². The number of ether oxygens (including phenoxy) is 8. The van der Waals surface area contributed by atoms with Crippen LogP contribution in [0.15, 0.2) is 15.4 Å². The molecule has 554 valence electrons. The molecule has 21 atom stereocenters. The summed E-state index contributed by atoms with van der Waals surface area (Å²) in [5.74, 6) is -1.23. The predicted octanol–water partition coefficient (Wildman–Crippen LogP) is 6.70. The van der Waals surface area contributed by atoms with Gasteiger partial charge in [0.25, 0.3) is 8.53 Å². The fraction of sp³-hybridized carbons (Fsp3) is 0.867. The molecule has 0 aliphatic carbocycles. The molecule has 96 heavy (non-hydrogen) atoms. The maximum atomic E-state index is 11.9. The molecule has 0 spiro atoms. The summed E-state index contributed by atoms with van der Waals surface area (Å²) in [6.07, 6.45) is -3.47. The monoisotopic (exact) mass is 1470 g/mol. The Morgan fingerprint density at radius 1 is 0.708 bits per heavy atom. The third-order valence-electron chi connectivity index (χ3n) is 12.6. The molecule has 7 aliphatic heterocycles. The summed E-state index contributed by atoms with van der Waals surface area (Å²) in [5, 5.41) is 56.8. The summed E-state index contributed by atoms with van der Waals surface area (Å²) >= 11 is 5.37. The number of ketones is 2. The number of carbonyl (C=O) groups is 4. The zero-order chi connectivity index (χ0) is 81.7. The molecule has 0 saturated carbocycles. The SMILES string of the molecule is C1=NN=NC1.[2H]C[C@H]1O[C@H]([3H])CC1OP(=S)(OCCC#N)OC[C@H]1O[C@H]([3H])CC1O.[2H]C[C@H]1O[C@H]([3H])CC1OP(OCCC#N)OC[C@H]1O[C@H]([3H])CC1OC(=O)CCC(C)=O.[2H]C[C@H]1O[C@H]([3H])CC1OP(OCC[N+]#[C-])N(C(C)C)C(C)C.[3H]OC.[3H]OC.[3H]OC.[3H][C@H]1CC(OC(=O)CCC(C)=O)[C@@H](CO)O1. The summed E-state index contributed by atoms with van der Waals surface area (Å²) in [5.41, 5.74) is 0. The molecule has 0 aromatic carbocycles. The van der Waals surface area contributed by atoms with Gasteiger partial charge in [0.15, 0.2) is 0 Å². The van der Waals surface area contributed by atoms with E-state index in [2.05, 4.69) is 68.0 Å². The first kappa shape index (κ1) is 72.5. The second-order valence-corrected chi connectivity index (χ2v) is 26.1. The van der Waals surface area contributed by atoms with Gasteiger partial charge in [0.05, 0.1) is 148 Å². The van der Waals surface area contributed by atoms with Crippen molar-refractivity contribution in [1.29, 1.82) is 14.8 Å². The average molecular weight is 1470 g/mol. The number of esters is 2. The normalized spacial score (nSPS) is 32.5. The number of hydrogen-bond donors (Lipinski definition) is 5. The Balaban J connectivity index is 0.00000135. The Hall–Kier alpha value is -3.27. The molecular weight excluding hydrogens is 1340 g/mol. The van der Waals surface area contributed by atoms with Crippen LogP contribution in [0.5, 0.6) is 0 Å². The summed E-state index contributed by atoms with van der Waals surface area (Å²) in [7, 11) is 0.597. The van der Waals surface area contributed by atoms with Crippen LogP contribution in [0.25, 0.3) is 4.85 Å². The number of aliphatic hydroxyl groups excluding tert-OH is 5. The lowest BCUT2D eigenvalue weighted by molar-refractivity contribution is -0.154. The van der Waals surface area contributed by atoms with Crippen molar-refractivity contribution in [3.05, 3.63) is 11.4 Å². The molecule has 32 nitrogen and oxygen atoms in total. The molecule has 9 unspecified atom stereocenters. The molecule has 6 saturated heterocycles. The first-order valence-electron chi connectivity index (χ1n) is 37.3. The Labute approximate surface area is 591 Å². The van der Waals surface area contributed by atoms with E-state index >= 15 is 0 Å². The second kappa shape index (κ2) is 57.4. The van der Waals surface area contributed by atoms with Gasteiger partial charge in [-0.05, 0) is 98.5 Å². The number of aliphatic hydroxyl groups is 5. The van der Waals surface area contributed by atoms with Crippen molar-refractivity contribution >= 4 is 65.4 Å². The summed E-state index contributed by atoms with van der Waals surface area (Å²) < 4.78 is 175. The van der Waals surface area contributed by atoms with Crippen molar-refractivity contribution in [2.75, 3.05) is 114 Å². The van der Waals surface area contributed by atoms with Crippen LogP contribution in [0, 0.1) is 29.2 Å². The Morgan fingerprint density at radius 2 is 1.20 bits per heavy atom. The van der Waals surface area contributed by atoms with Gasteiger partial charge in [-0.2, -0.15) is 15.6 Å². The van der Waals surface area contributed by atoms with Crippen molar-refractivity contribution in [2.45, 2.75) is 225 Å². The van der Waals surface area contributed by atoms with Crippen LogP contribution in [0.4, 0.5) is 0 Å². The van der Waals surface area contributed by atoms with Crippen molar-refractivity contribution in [3.8, 4) is 12.1 Å². The lowest BCUT2D eigenvalue weighted by atomic mass is 10.2. The molecule has 36 heteroatoms. The van der Waals surface area contributed by atoms with Gasteiger partial charge in [-0.25, -0.2) is 11.2 Å². The van der Waals surface area contributed by atoms with E-state index in [9.17, 15) is 24.3 Å². The largest absolute Gasteiger partial charge is 0.459 e. The maximum absolute atomic E-state index is 11.9. The smallest absolute Gasteiger partial charge is 0.333 e. The number of nitriles is 2. The lowest BCUT2D eigenvalue weighted by Gasteiger charge is -2.37. The van der Waals surface area contributed by atoms with Crippen LogP contribution in [-0.4, -0.2) is 263 Å². The van der Waals surface area contributed by atoms with Crippen LogP contribution in [-0.2, 0) is 105 Å². The van der Waals surface area contributed by atoms with Crippen molar-refractivity contribution < 1.29 is 131 Å². The Kier molecular flexibility index (Phi) is 43.3. The fourth-order valence-electron chi connectivity index (χ4n) is 7.87. The quantitative estimate of drug-likeness (QED) is 0.0197. The van der Waals surface area contributed by atoms with E-state index in [1.165, 1.54) is 35.2 Å². The minimum absolute atomic E-state index is 0.0202. The van der Waals surface area contributed by atoms with Crippen LogP contribution < -0.4 is 0 Å². The van der Waals surface area contributed by atoms with Gasteiger partial charge in [-0.1, -0.05) is 0 Å². The van der Waals surface area contributed by atoms with E-state index in [-0.39, 0.29) is 160 Å². The number of carbonyl (C=O) groups excluding carboxylic acids is 4. The maximum Gasteiger partial charge on any atom is 0.333 e. The topological polar surface area (TPSA) is 409 Å². The fourth-order valence-corrected chi connectivity index (χ4v) is 12.9. The summed E-state index contributed by atoms with van der Waals surface area (Å²) in [6.45, 7) is 10.8. The molecule has 0 radical (unpaired) electrons. The molecule has 7 heterocycles. The van der Waals surface area contributed by atoms with Crippen LogP contribution in [0.2, 0.25) is 0 Å². The lowest BCUT2D eigenvalue weighted by Crippen LogP contribution is -2.35. The van der Waals surface area contributed by atoms with E-state index in [1.807, 2.05) is 12.1 Å². The highest BCUT2D eigenvalue weighted by molar-refractivity contribution is 8.07. The average Bonchev–Trinajstić information content (AvgIpc) is 1.65. The van der Waals surface area contributed by atoms with E-state index < -0.39 is 136 Å². The van der Waals surface area contributed by atoms with Gasteiger partial charge in [0.1, 0.15) is 48.7 Å². The minimum Gasteiger partial charge on any atom is -0.459 e. The molecule has 7 rings (SSSR count). The molecule has 0 amide bonds. The Bertz CT molecular complexity index is 2680. The van der Waals surface area contributed by atoms with E-state index in [0.29, 0.717) is 26.1 Å². The van der Waals surface area contributed by atoms with Gasteiger partial charge in [0.2, 0.25) is 10.8 Å². The third kappa shape index (κ3) is 40.8. The van der Waals surface area contributed by atoms with Crippen molar-refractivity contribution in [3.63, 3.8) is 0 Å². The van der Waals surface area contributed by atoms with Crippen LogP contribution in [0.3, 0.4) is 0 Å².